The number of amides is 2. The van der Waals surface area contributed by atoms with Gasteiger partial charge in [0.15, 0.2) is 10.8 Å². The number of nitrogens with zero attached hydrogens (tertiary/aromatic N) is 4. The fourth-order valence-corrected chi connectivity index (χ4v) is 5.86. The second-order valence-corrected chi connectivity index (χ2v) is 10.6. The van der Waals surface area contributed by atoms with E-state index in [0.29, 0.717) is 22.0 Å². The van der Waals surface area contributed by atoms with Crippen LogP contribution in [0.25, 0.3) is 10.3 Å². The molecular formula is C25H30N6O3S. The second-order valence-electron chi connectivity index (χ2n) is 9.66. The van der Waals surface area contributed by atoms with Gasteiger partial charge in [0.25, 0.3) is 5.56 Å². The van der Waals surface area contributed by atoms with Gasteiger partial charge in [-0.2, -0.15) is 4.98 Å². The summed E-state index contributed by atoms with van der Waals surface area (Å²) in [5, 5.41) is 6.57. The van der Waals surface area contributed by atoms with Crippen LogP contribution in [0.5, 0.6) is 0 Å². The Balaban J connectivity index is 1.29. The first-order valence-electron chi connectivity index (χ1n) is 12.2. The van der Waals surface area contributed by atoms with E-state index < -0.39 is 0 Å². The van der Waals surface area contributed by atoms with Crippen LogP contribution in [0.15, 0.2) is 29.3 Å². The first-order valence-corrected chi connectivity index (χ1v) is 13.0. The summed E-state index contributed by atoms with van der Waals surface area (Å²) in [5.74, 6) is -0.322. The van der Waals surface area contributed by atoms with Crippen molar-refractivity contribution in [3.63, 3.8) is 0 Å². The topological polar surface area (TPSA) is 109 Å². The number of aryl methyl sites for hydroxylation is 2. The Bertz CT molecular complexity index is 1330. The summed E-state index contributed by atoms with van der Waals surface area (Å²) < 4.78 is 1.74. The summed E-state index contributed by atoms with van der Waals surface area (Å²) >= 11 is 1.27. The molecule has 0 unspecified atom stereocenters. The molecule has 5 rings (SSSR count). The van der Waals surface area contributed by atoms with Crippen LogP contribution >= 0.6 is 11.3 Å². The first kappa shape index (κ1) is 23.5. The lowest BCUT2D eigenvalue weighted by Crippen LogP contribution is -2.44. The highest BCUT2D eigenvalue weighted by molar-refractivity contribution is 7.22. The van der Waals surface area contributed by atoms with Crippen molar-refractivity contribution >= 4 is 44.3 Å². The van der Waals surface area contributed by atoms with Gasteiger partial charge in [0.1, 0.15) is 17.6 Å². The van der Waals surface area contributed by atoms with E-state index >= 15 is 0 Å². The van der Waals surface area contributed by atoms with Crippen molar-refractivity contribution in [2.24, 2.45) is 5.92 Å². The largest absolute Gasteiger partial charge is 0.354 e. The number of fused-ring (bicyclic) bond motifs is 2. The normalized spacial score (nSPS) is 17.6. The van der Waals surface area contributed by atoms with Gasteiger partial charge in [-0.3, -0.25) is 19.0 Å². The maximum atomic E-state index is 13.1. The molecular weight excluding hydrogens is 464 g/mol. The number of thiazole rings is 1. The number of nitrogens with one attached hydrogen (secondary N) is 2. The summed E-state index contributed by atoms with van der Waals surface area (Å²) in [5.41, 5.74) is 3.46. The lowest BCUT2D eigenvalue weighted by atomic mass is 9.97. The molecule has 0 spiro atoms. The number of piperidine rings is 1. The van der Waals surface area contributed by atoms with Crippen molar-refractivity contribution in [1.29, 1.82) is 0 Å². The molecule has 9 nitrogen and oxygen atoms in total. The standard InChI is InChI=1S/C25H30N6O3S/c1-15(2)27-23(33)18-7-4-10-30(12-18)25-29-22-21(35-25)24(34)31(14-26-22)13-20(32)28-19-9-8-16-5-3-6-17(16)11-19/h8-9,11,14-15,18H,3-7,10,12-13H2,1-2H3,(H,27,33)(H,28,32)/t18-/m0/s1. The maximum absolute atomic E-state index is 13.1. The third kappa shape index (κ3) is 5.07. The van der Waals surface area contributed by atoms with Crippen LogP contribution in [0.2, 0.25) is 0 Å². The molecule has 0 bridgehead atoms. The van der Waals surface area contributed by atoms with Gasteiger partial charge in [-0.15, -0.1) is 0 Å². The highest BCUT2D eigenvalue weighted by atomic mass is 32.1. The first-order chi connectivity index (χ1) is 16.9. The molecule has 1 aliphatic heterocycles. The molecule has 3 heterocycles. The number of carbonyl (C=O) groups is 2. The quantitative estimate of drug-likeness (QED) is 0.545. The van der Waals surface area contributed by atoms with Crippen molar-refractivity contribution in [2.45, 2.75) is 58.5 Å². The van der Waals surface area contributed by atoms with Crippen LogP contribution in [0.4, 0.5) is 10.8 Å². The Morgan fingerprint density at radius 1 is 1.20 bits per heavy atom. The fraction of sp³-hybridized carbons (Fsp3) is 0.480. The lowest BCUT2D eigenvalue weighted by Gasteiger charge is -2.32. The molecule has 2 amide bonds. The van der Waals surface area contributed by atoms with Crippen molar-refractivity contribution < 1.29 is 9.59 Å². The predicted octanol–water partition coefficient (Wildman–Crippen LogP) is 2.72. The van der Waals surface area contributed by atoms with Gasteiger partial charge in [0.05, 0.1) is 5.92 Å². The Hall–Kier alpha value is -3.27. The number of anilines is 2. The van der Waals surface area contributed by atoms with E-state index in [2.05, 4.69) is 31.6 Å². The predicted molar refractivity (Wildman–Crippen MR) is 137 cm³/mol. The van der Waals surface area contributed by atoms with Crippen LogP contribution in [0.1, 0.15) is 44.2 Å². The summed E-state index contributed by atoms with van der Waals surface area (Å²) in [7, 11) is 0. The van der Waals surface area contributed by atoms with E-state index in [0.717, 1.165) is 44.3 Å². The molecule has 35 heavy (non-hydrogen) atoms. The number of rotatable bonds is 6. The molecule has 1 aliphatic carbocycles. The van der Waals surface area contributed by atoms with Gasteiger partial charge < -0.3 is 15.5 Å². The van der Waals surface area contributed by atoms with E-state index in [9.17, 15) is 14.4 Å². The monoisotopic (exact) mass is 494 g/mol. The van der Waals surface area contributed by atoms with E-state index in [4.69, 9.17) is 0 Å². The molecule has 1 aromatic carbocycles. The average Bonchev–Trinajstić information content (AvgIpc) is 3.48. The van der Waals surface area contributed by atoms with Gasteiger partial charge >= 0.3 is 0 Å². The number of carbonyl (C=O) groups excluding carboxylic acids is 2. The van der Waals surface area contributed by atoms with E-state index in [1.54, 1.807) is 0 Å². The van der Waals surface area contributed by atoms with E-state index in [-0.39, 0.29) is 35.9 Å². The van der Waals surface area contributed by atoms with Crippen molar-refractivity contribution in [3.8, 4) is 0 Å². The zero-order chi connectivity index (χ0) is 24.5. The summed E-state index contributed by atoms with van der Waals surface area (Å²) in [6, 6.07) is 6.10. The Kier molecular flexibility index (Phi) is 6.55. The third-order valence-electron chi connectivity index (χ3n) is 6.56. The molecule has 2 aromatic heterocycles. The lowest BCUT2D eigenvalue weighted by molar-refractivity contribution is -0.125. The number of benzene rings is 1. The highest BCUT2D eigenvalue weighted by Gasteiger charge is 2.28. The molecule has 3 aromatic rings. The van der Waals surface area contributed by atoms with E-state index in [1.165, 1.54) is 33.4 Å². The van der Waals surface area contributed by atoms with Crippen molar-refractivity contribution in [3.05, 3.63) is 46.0 Å². The third-order valence-corrected chi connectivity index (χ3v) is 7.66. The smallest absolute Gasteiger partial charge is 0.273 e. The molecule has 2 aliphatic rings. The minimum Gasteiger partial charge on any atom is -0.354 e. The van der Waals surface area contributed by atoms with Gasteiger partial charge in [-0.25, -0.2) is 4.98 Å². The Morgan fingerprint density at radius 2 is 2.03 bits per heavy atom. The summed E-state index contributed by atoms with van der Waals surface area (Å²) in [6.07, 6.45) is 6.37. The molecule has 10 heteroatoms. The second kappa shape index (κ2) is 9.77. The van der Waals surface area contributed by atoms with Gasteiger partial charge in [0, 0.05) is 24.8 Å². The zero-order valence-electron chi connectivity index (χ0n) is 20.0. The molecule has 0 radical (unpaired) electrons. The zero-order valence-corrected chi connectivity index (χ0v) is 20.9. The molecule has 1 fully saturated rings. The fourth-order valence-electron chi connectivity index (χ4n) is 4.86. The van der Waals surface area contributed by atoms with Crippen molar-refractivity contribution in [2.75, 3.05) is 23.3 Å². The molecule has 2 N–H and O–H groups in total. The molecule has 1 saturated heterocycles. The van der Waals surface area contributed by atoms with Gasteiger partial charge in [-0.1, -0.05) is 17.4 Å². The van der Waals surface area contributed by atoms with Crippen molar-refractivity contribution in [1.82, 2.24) is 19.9 Å². The molecule has 1 atom stereocenters. The van der Waals surface area contributed by atoms with Crippen LogP contribution in [-0.2, 0) is 29.0 Å². The Morgan fingerprint density at radius 3 is 2.86 bits per heavy atom. The SMILES string of the molecule is CC(C)NC(=O)[C@H]1CCCN(c2nc3ncn(CC(=O)Nc4ccc5c(c4)CCC5)c(=O)c3s2)C1. The molecule has 184 valence electrons. The van der Waals surface area contributed by atoms with Crippen LogP contribution in [0.3, 0.4) is 0 Å². The van der Waals surface area contributed by atoms with Crippen LogP contribution in [0, 0.1) is 5.92 Å². The summed E-state index contributed by atoms with van der Waals surface area (Å²) in [4.78, 5) is 49.2. The van der Waals surface area contributed by atoms with E-state index in [1.807, 2.05) is 26.0 Å². The number of hydrogen-bond acceptors (Lipinski definition) is 7. The summed E-state index contributed by atoms with van der Waals surface area (Å²) in [6.45, 7) is 5.13. The Labute approximate surface area is 207 Å². The van der Waals surface area contributed by atoms with Crippen LogP contribution < -0.4 is 21.1 Å². The number of aromatic nitrogens is 3. The van der Waals surface area contributed by atoms with Gasteiger partial charge in [-0.05, 0) is 69.2 Å². The minimum absolute atomic E-state index is 0.0562. The molecule has 0 saturated carbocycles. The number of hydrogen-bond donors (Lipinski definition) is 2. The minimum atomic E-state index is -0.283. The van der Waals surface area contributed by atoms with Crippen LogP contribution in [-0.4, -0.2) is 45.5 Å². The van der Waals surface area contributed by atoms with Gasteiger partial charge in [0.2, 0.25) is 11.8 Å². The highest BCUT2D eigenvalue weighted by Crippen LogP contribution is 2.29. The maximum Gasteiger partial charge on any atom is 0.273 e. The average molecular weight is 495 g/mol.